The van der Waals surface area contributed by atoms with Crippen molar-refractivity contribution in [2.45, 2.75) is 19.3 Å². The Morgan fingerprint density at radius 3 is 2.25 bits per heavy atom. The molecule has 1 aliphatic rings. The van der Waals surface area contributed by atoms with Crippen molar-refractivity contribution < 1.29 is 14.0 Å². The Morgan fingerprint density at radius 1 is 1.12 bits per heavy atom. The highest BCUT2D eigenvalue weighted by atomic mass is 19.1. The molecule has 2 nitrogen and oxygen atoms in total. The zero-order chi connectivity index (χ0) is 11.5. The van der Waals surface area contributed by atoms with Crippen LogP contribution in [0.2, 0.25) is 0 Å². The van der Waals surface area contributed by atoms with Gasteiger partial charge in [-0.1, -0.05) is 0 Å². The van der Waals surface area contributed by atoms with E-state index in [1.54, 1.807) is 0 Å². The predicted octanol–water partition coefficient (Wildman–Crippen LogP) is 2.61. The van der Waals surface area contributed by atoms with Crippen LogP contribution in [0.1, 0.15) is 18.4 Å². The Kier molecular flexibility index (Phi) is 3.51. The molecule has 0 aliphatic carbocycles. The van der Waals surface area contributed by atoms with E-state index in [1.807, 2.05) is 0 Å². The number of piperidine rings is 1. The van der Waals surface area contributed by atoms with Crippen molar-refractivity contribution in [3.05, 3.63) is 35.4 Å². The first kappa shape index (κ1) is 11.5. The number of rotatable bonds is 2. The van der Waals surface area contributed by atoms with Gasteiger partial charge >= 0.3 is 0 Å². The van der Waals surface area contributed by atoms with Crippen molar-refractivity contribution in [2.24, 2.45) is 5.92 Å². The van der Waals surface area contributed by atoms with Gasteiger partial charge in [-0.15, -0.1) is 0 Å². The van der Waals surface area contributed by atoms with E-state index < -0.39 is 11.6 Å². The normalized spacial score (nSPS) is 18.9. The van der Waals surface area contributed by atoms with Gasteiger partial charge in [0.15, 0.2) is 0 Å². The SMILES string of the molecule is ON1CCC(Cc2cc(F)cc(F)c2)CC1. The Morgan fingerprint density at radius 2 is 1.69 bits per heavy atom. The lowest BCUT2D eigenvalue weighted by Crippen LogP contribution is -2.31. The third kappa shape index (κ3) is 3.00. The number of nitrogens with zero attached hydrogens (tertiary/aromatic N) is 1. The predicted molar refractivity (Wildman–Crippen MR) is 56.1 cm³/mol. The summed E-state index contributed by atoms with van der Waals surface area (Å²) in [5.41, 5.74) is 0.703. The van der Waals surface area contributed by atoms with Crippen LogP contribution in [0.5, 0.6) is 0 Å². The van der Waals surface area contributed by atoms with E-state index in [1.165, 1.54) is 17.2 Å². The second kappa shape index (κ2) is 4.89. The first-order valence-corrected chi connectivity index (χ1v) is 5.52. The van der Waals surface area contributed by atoms with Crippen molar-refractivity contribution in [2.75, 3.05) is 13.1 Å². The summed E-state index contributed by atoms with van der Waals surface area (Å²) in [5.74, 6) is -0.631. The van der Waals surface area contributed by atoms with Gasteiger partial charge in [0.05, 0.1) is 0 Å². The van der Waals surface area contributed by atoms with Gasteiger partial charge < -0.3 is 5.21 Å². The van der Waals surface area contributed by atoms with Crippen molar-refractivity contribution in [3.8, 4) is 0 Å². The highest BCUT2D eigenvalue weighted by Gasteiger charge is 2.18. The number of benzene rings is 1. The van der Waals surface area contributed by atoms with Crippen LogP contribution in [0.25, 0.3) is 0 Å². The Labute approximate surface area is 93.5 Å². The largest absolute Gasteiger partial charge is 0.314 e. The molecule has 4 heteroatoms. The van der Waals surface area contributed by atoms with Gasteiger partial charge in [0, 0.05) is 19.2 Å². The minimum absolute atomic E-state index is 0.407. The smallest absolute Gasteiger partial charge is 0.126 e. The van der Waals surface area contributed by atoms with Crippen molar-refractivity contribution >= 4 is 0 Å². The first-order chi connectivity index (χ1) is 7.63. The molecule has 2 rings (SSSR count). The van der Waals surface area contributed by atoms with Crippen molar-refractivity contribution in [1.29, 1.82) is 0 Å². The molecule has 0 amide bonds. The van der Waals surface area contributed by atoms with Gasteiger partial charge in [0.25, 0.3) is 0 Å². The quantitative estimate of drug-likeness (QED) is 0.839. The lowest BCUT2D eigenvalue weighted by atomic mass is 9.91. The van der Waals surface area contributed by atoms with E-state index in [0.717, 1.165) is 18.9 Å². The molecule has 0 unspecified atom stereocenters. The number of hydrogen-bond acceptors (Lipinski definition) is 2. The minimum atomic E-state index is -0.519. The summed E-state index contributed by atoms with van der Waals surface area (Å²) in [7, 11) is 0. The third-order valence-corrected chi connectivity index (χ3v) is 3.04. The fourth-order valence-electron chi connectivity index (χ4n) is 2.19. The summed E-state index contributed by atoms with van der Waals surface area (Å²) in [6.45, 7) is 1.28. The zero-order valence-corrected chi connectivity index (χ0v) is 9.00. The van der Waals surface area contributed by atoms with Gasteiger partial charge in [-0.2, -0.15) is 5.06 Å². The summed E-state index contributed by atoms with van der Waals surface area (Å²) in [6, 6.07) is 3.66. The fraction of sp³-hybridized carbons (Fsp3) is 0.500. The number of halogens is 2. The molecule has 1 aromatic carbocycles. The molecular formula is C12H15F2NO. The molecule has 16 heavy (non-hydrogen) atoms. The van der Waals surface area contributed by atoms with Crippen LogP contribution in [0.4, 0.5) is 8.78 Å². The molecule has 0 aromatic heterocycles. The van der Waals surface area contributed by atoms with Gasteiger partial charge in [-0.3, -0.25) is 0 Å². The van der Waals surface area contributed by atoms with E-state index in [0.29, 0.717) is 31.0 Å². The molecule has 1 fully saturated rings. The molecule has 1 heterocycles. The molecule has 1 N–H and O–H groups in total. The standard InChI is InChI=1S/C12H15F2NO/c13-11-6-10(7-12(14)8-11)5-9-1-3-15(16)4-2-9/h6-9,16H,1-5H2. The summed E-state index contributed by atoms with van der Waals surface area (Å²) in [4.78, 5) is 0. The zero-order valence-electron chi connectivity index (χ0n) is 9.00. The summed E-state index contributed by atoms with van der Waals surface area (Å²) >= 11 is 0. The maximum atomic E-state index is 13.0. The van der Waals surface area contributed by atoms with Gasteiger partial charge in [0.1, 0.15) is 11.6 Å². The van der Waals surface area contributed by atoms with E-state index in [-0.39, 0.29) is 0 Å². The average molecular weight is 227 g/mol. The Hall–Kier alpha value is -1.00. The molecule has 0 spiro atoms. The maximum Gasteiger partial charge on any atom is 0.126 e. The molecule has 1 aliphatic heterocycles. The lowest BCUT2D eigenvalue weighted by Gasteiger charge is -2.27. The van der Waals surface area contributed by atoms with Crippen molar-refractivity contribution in [3.63, 3.8) is 0 Å². The van der Waals surface area contributed by atoms with Crippen molar-refractivity contribution in [1.82, 2.24) is 5.06 Å². The van der Waals surface area contributed by atoms with Crippen LogP contribution >= 0.6 is 0 Å². The minimum Gasteiger partial charge on any atom is -0.314 e. The maximum absolute atomic E-state index is 13.0. The van der Waals surface area contributed by atoms with Crippen LogP contribution in [0.3, 0.4) is 0 Å². The average Bonchev–Trinajstić information content (AvgIpc) is 2.20. The molecule has 0 radical (unpaired) electrons. The monoisotopic (exact) mass is 227 g/mol. The molecule has 0 bridgehead atoms. The topological polar surface area (TPSA) is 23.5 Å². The third-order valence-electron chi connectivity index (χ3n) is 3.04. The second-order valence-electron chi connectivity index (χ2n) is 4.38. The van der Waals surface area contributed by atoms with Crippen LogP contribution < -0.4 is 0 Å². The second-order valence-corrected chi connectivity index (χ2v) is 4.38. The van der Waals surface area contributed by atoms with Crippen LogP contribution in [-0.2, 0) is 6.42 Å². The Balaban J connectivity index is 1.98. The summed E-state index contributed by atoms with van der Waals surface area (Å²) in [6.07, 6.45) is 2.42. The van der Waals surface area contributed by atoms with Gasteiger partial charge in [-0.05, 0) is 42.9 Å². The summed E-state index contributed by atoms with van der Waals surface area (Å²) < 4.78 is 25.9. The van der Waals surface area contributed by atoms with Gasteiger partial charge in [-0.25, -0.2) is 8.78 Å². The highest BCUT2D eigenvalue weighted by molar-refractivity contribution is 5.18. The summed E-state index contributed by atoms with van der Waals surface area (Å²) in [5, 5.41) is 10.5. The van der Waals surface area contributed by atoms with E-state index >= 15 is 0 Å². The molecule has 1 saturated heterocycles. The molecule has 0 saturated carbocycles. The number of hydrogen-bond donors (Lipinski definition) is 1. The highest BCUT2D eigenvalue weighted by Crippen LogP contribution is 2.21. The van der Waals surface area contributed by atoms with Gasteiger partial charge in [0.2, 0.25) is 0 Å². The van der Waals surface area contributed by atoms with E-state index in [9.17, 15) is 14.0 Å². The molecule has 1 aromatic rings. The van der Waals surface area contributed by atoms with E-state index in [2.05, 4.69) is 0 Å². The molecule has 88 valence electrons. The molecule has 0 atom stereocenters. The molecular weight excluding hydrogens is 212 g/mol. The van der Waals surface area contributed by atoms with E-state index in [4.69, 9.17) is 0 Å². The van der Waals surface area contributed by atoms with Crippen LogP contribution in [0, 0.1) is 17.6 Å². The lowest BCUT2D eigenvalue weighted by molar-refractivity contribution is -0.111. The number of hydroxylamine groups is 2. The van der Waals surface area contributed by atoms with Crippen LogP contribution in [0.15, 0.2) is 18.2 Å². The Bertz CT molecular complexity index is 342. The van der Waals surface area contributed by atoms with Crippen LogP contribution in [-0.4, -0.2) is 23.4 Å². The first-order valence-electron chi connectivity index (χ1n) is 5.52. The fourth-order valence-corrected chi connectivity index (χ4v) is 2.19.